The van der Waals surface area contributed by atoms with Crippen LogP contribution >= 0.6 is 27.3 Å². The molecule has 17 heavy (non-hydrogen) atoms. The van der Waals surface area contributed by atoms with Gasteiger partial charge in [-0.05, 0) is 32.9 Å². The van der Waals surface area contributed by atoms with Gasteiger partial charge in [0, 0.05) is 15.9 Å². The number of thiophene rings is 1. The van der Waals surface area contributed by atoms with E-state index < -0.39 is 0 Å². The second kappa shape index (κ2) is 6.31. The molecular weight excluding hydrogens is 298 g/mol. The molecule has 0 spiro atoms. The fourth-order valence-electron chi connectivity index (χ4n) is 1.64. The maximum Gasteiger partial charge on any atom is 0.0626 e. The molecule has 90 valence electrons. The van der Waals surface area contributed by atoms with Crippen molar-refractivity contribution in [3.63, 3.8) is 0 Å². The predicted octanol–water partition coefficient (Wildman–Crippen LogP) is 3.33. The first-order chi connectivity index (χ1) is 8.31. The standard InChI is InChI=1S/C13H14BrNOS/c14-11-6-7-17-13(11)8-15-12(9-16)10-4-2-1-3-5-10/h1-7,12,15-16H,8-9H2/t12-/m1/s1. The molecular formula is C13H14BrNOS. The molecule has 1 aromatic carbocycles. The molecule has 1 atom stereocenters. The zero-order valence-electron chi connectivity index (χ0n) is 9.27. The minimum Gasteiger partial charge on any atom is -0.394 e. The Morgan fingerprint density at radius 2 is 2.00 bits per heavy atom. The second-order valence-corrected chi connectivity index (χ2v) is 5.57. The lowest BCUT2D eigenvalue weighted by atomic mass is 10.1. The molecule has 4 heteroatoms. The van der Waals surface area contributed by atoms with Crippen LogP contribution in [-0.4, -0.2) is 11.7 Å². The lowest BCUT2D eigenvalue weighted by Crippen LogP contribution is -2.23. The van der Waals surface area contributed by atoms with Gasteiger partial charge in [-0.3, -0.25) is 0 Å². The zero-order chi connectivity index (χ0) is 12.1. The summed E-state index contributed by atoms with van der Waals surface area (Å²) >= 11 is 5.21. The molecule has 2 nitrogen and oxygen atoms in total. The van der Waals surface area contributed by atoms with Crippen molar-refractivity contribution < 1.29 is 5.11 Å². The molecule has 0 amide bonds. The summed E-state index contributed by atoms with van der Waals surface area (Å²) < 4.78 is 1.12. The molecule has 0 radical (unpaired) electrons. The Bertz CT molecular complexity index is 457. The largest absolute Gasteiger partial charge is 0.394 e. The first-order valence-electron chi connectivity index (χ1n) is 5.42. The Balaban J connectivity index is 1.99. The van der Waals surface area contributed by atoms with Gasteiger partial charge in [0.2, 0.25) is 0 Å². The normalized spacial score (nSPS) is 12.6. The molecule has 0 fully saturated rings. The van der Waals surface area contributed by atoms with Gasteiger partial charge in [0.25, 0.3) is 0 Å². The van der Waals surface area contributed by atoms with Gasteiger partial charge in [0.1, 0.15) is 0 Å². The van der Waals surface area contributed by atoms with Crippen molar-refractivity contribution in [1.29, 1.82) is 0 Å². The summed E-state index contributed by atoms with van der Waals surface area (Å²) in [5.74, 6) is 0. The highest BCUT2D eigenvalue weighted by molar-refractivity contribution is 9.10. The van der Waals surface area contributed by atoms with Crippen LogP contribution < -0.4 is 5.32 Å². The van der Waals surface area contributed by atoms with E-state index in [1.165, 1.54) is 4.88 Å². The van der Waals surface area contributed by atoms with E-state index in [0.717, 1.165) is 16.6 Å². The van der Waals surface area contributed by atoms with Crippen molar-refractivity contribution in [3.05, 3.63) is 56.7 Å². The summed E-state index contributed by atoms with van der Waals surface area (Å²) in [6.45, 7) is 0.866. The summed E-state index contributed by atoms with van der Waals surface area (Å²) in [7, 11) is 0. The third kappa shape index (κ3) is 3.39. The van der Waals surface area contributed by atoms with E-state index >= 15 is 0 Å². The number of nitrogens with one attached hydrogen (secondary N) is 1. The number of aliphatic hydroxyl groups is 1. The minimum atomic E-state index is -0.00907. The average molecular weight is 312 g/mol. The highest BCUT2D eigenvalue weighted by Gasteiger charge is 2.10. The SMILES string of the molecule is OC[C@@H](NCc1sccc1Br)c1ccccc1. The zero-order valence-corrected chi connectivity index (χ0v) is 11.7. The third-order valence-electron chi connectivity index (χ3n) is 2.58. The quantitative estimate of drug-likeness (QED) is 0.887. The van der Waals surface area contributed by atoms with Crippen LogP contribution in [0.4, 0.5) is 0 Å². The Morgan fingerprint density at radius 1 is 1.24 bits per heavy atom. The lowest BCUT2D eigenvalue weighted by Gasteiger charge is -2.16. The summed E-state index contributed by atoms with van der Waals surface area (Å²) in [4.78, 5) is 1.25. The monoisotopic (exact) mass is 311 g/mol. The van der Waals surface area contributed by atoms with E-state index in [1.54, 1.807) is 11.3 Å². The first-order valence-corrected chi connectivity index (χ1v) is 7.09. The van der Waals surface area contributed by atoms with E-state index in [4.69, 9.17) is 0 Å². The van der Waals surface area contributed by atoms with Crippen LogP contribution in [0.3, 0.4) is 0 Å². The van der Waals surface area contributed by atoms with Gasteiger partial charge >= 0.3 is 0 Å². The second-order valence-electron chi connectivity index (χ2n) is 3.72. The van der Waals surface area contributed by atoms with Gasteiger partial charge in [0.05, 0.1) is 12.6 Å². The molecule has 1 aromatic heterocycles. The van der Waals surface area contributed by atoms with E-state index in [2.05, 4.69) is 26.6 Å². The van der Waals surface area contributed by atoms with Gasteiger partial charge < -0.3 is 10.4 Å². The van der Waals surface area contributed by atoms with Crippen LogP contribution in [0, 0.1) is 0 Å². The number of aliphatic hydroxyl groups excluding tert-OH is 1. The van der Waals surface area contributed by atoms with E-state index in [0.29, 0.717) is 0 Å². The fourth-order valence-corrected chi connectivity index (χ4v) is 3.08. The molecule has 0 aliphatic rings. The molecule has 0 unspecified atom stereocenters. The lowest BCUT2D eigenvalue weighted by molar-refractivity contribution is 0.244. The van der Waals surface area contributed by atoms with Crippen LogP contribution in [0.15, 0.2) is 46.3 Å². The molecule has 0 bridgehead atoms. The van der Waals surface area contributed by atoms with Crippen LogP contribution in [0.25, 0.3) is 0 Å². The van der Waals surface area contributed by atoms with Gasteiger partial charge in [-0.15, -0.1) is 11.3 Å². The minimum absolute atomic E-state index is 0.00907. The summed E-state index contributed by atoms with van der Waals surface area (Å²) in [5.41, 5.74) is 1.11. The molecule has 0 saturated heterocycles. The van der Waals surface area contributed by atoms with Crippen LogP contribution in [0.2, 0.25) is 0 Å². The Labute approximate surface area is 113 Å². The molecule has 1 heterocycles. The van der Waals surface area contributed by atoms with E-state index in [1.807, 2.05) is 36.4 Å². The van der Waals surface area contributed by atoms with Crippen LogP contribution in [-0.2, 0) is 6.54 Å². The number of hydrogen-bond donors (Lipinski definition) is 2. The maximum atomic E-state index is 9.41. The van der Waals surface area contributed by atoms with Crippen LogP contribution in [0.5, 0.6) is 0 Å². The molecule has 0 aliphatic heterocycles. The van der Waals surface area contributed by atoms with Crippen LogP contribution in [0.1, 0.15) is 16.5 Å². The van der Waals surface area contributed by atoms with Crippen molar-refractivity contribution in [2.24, 2.45) is 0 Å². The Hall–Kier alpha value is -0.680. The van der Waals surface area contributed by atoms with Crippen molar-refractivity contribution in [1.82, 2.24) is 5.32 Å². The van der Waals surface area contributed by atoms with Crippen molar-refractivity contribution >= 4 is 27.3 Å². The van der Waals surface area contributed by atoms with Crippen molar-refractivity contribution in [2.45, 2.75) is 12.6 Å². The predicted molar refractivity (Wildman–Crippen MR) is 75.1 cm³/mol. The van der Waals surface area contributed by atoms with Gasteiger partial charge in [0.15, 0.2) is 0 Å². The fraction of sp³-hybridized carbons (Fsp3) is 0.231. The number of halogens is 1. The smallest absolute Gasteiger partial charge is 0.0626 e. The molecule has 0 aliphatic carbocycles. The number of hydrogen-bond acceptors (Lipinski definition) is 3. The summed E-state index contributed by atoms with van der Waals surface area (Å²) in [6.07, 6.45) is 0. The molecule has 2 N–H and O–H groups in total. The third-order valence-corrected chi connectivity index (χ3v) is 4.51. The molecule has 2 aromatic rings. The topological polar surface area (TPSA) is 32.3 Å². The van der Waals surface area contributed by atoms with Crippen molar-refractivity contribution in [3.8, 4) is 0 Å². The number of rotatable bonds is 5. The highest BCUT2D eigenvalue weighted by atomic mass is 79.9. The Kier molecular flexibility index (Phi) is 4.74. The highest BCUT2D eigenvalue weighted by Crippen LogP contribution is 2.23. The molecule has 2 rings (SSSR count). The number of benzene rings is 1. The molecule has 0 saturated carbocycles. The van der Waals surface area contributed by atoms with E-state index in [-0.39, 0.29) is 12.6 Å². The first kappa shape index (κ1) is 12.8. The Morgan fingerprint density at radius 3 is 2.59 bits per heavy atom. The van der Waals surface area contributed by atoms with Gasteiger partial charge in [-0.25, -0.2) is 0 Å². The van der Waals surface area contributed by atoms with Gasteiger partial charge in [-0.1, -0.05) is 30.3 Å². The summed E-state index contributed by atoms with van der Waals surface area (Å²) in [6, 6.07) is 12.0. The maximum absolute atomic E-state index is 9.41. The van der Waals surface area contributed by atoms with Gasteiger partial charge in [-0.2, -0.15) is 0 Å². The van der Waals surface area contributed by atoms with Crippen molar-refractivity contribution in [2.75, 3.05) is 6.61 Å². The summed E-state index contributed by atoms with van der Waals surface area (Å²) in [5, 5.41) is 14.8. The van der Waals surface area contributed by atoms with E-state index in [9.17, 15) is 5.11 Å². The average Bonchev–Trinajstić information content (AvgIpc) is 2.77.